The molecule has 154 valence electrons. The van der Waals surface area contributed by atoms with Crippen LogP contribution in [0.15, 0.2) is 36.5 Å². The van der Waals surface area contributed by atoms with Gasteiger partial charge in [0.25, 0.3) is 0 Å². The summed E-state index contributed by atoms with van der Waals surface area (Å²) in [4.78, 5) is 1.89. The van der Waals surface area contributed by atoms with Gasteiger partial charge in [0.2, 0.25) is 5.95 Å². The van der Waals surface area contributed by atoms with Crippen LogP contribution in [0.1, 0.15) is 12.0 Å². The normalized spacial score (nSPS) is 20.9. The quantitative estimate of drug-likeness (QED) is 0.648. The number of phenols is 1. The number of pyridine rings is 1. The second-order valence-corrected chi connectivity index (χ2v) is 7.26. The number of hydrogen-bond acceptors (Lipinski definition) is 5. The Morgan fingerprint density at radius 2 is 1.93 bits per heavy atom. The third-order valence-corrected chi connectivity index (χ3v) is 4.97. The van der Waals surface area contributed by atoms with Crippen molar-refractivity contribution in [1.82, 2.24) is 19.5 Å². The van der Waals surface area contributed by atoms with E-state index in [1.54, 1.807) is 22.7 Å². The van der Waals surface area contributed by atoms with E-state index in [4.69, 9.17) is 0 Å². The summed E-state index contributed by atoms with van der Waals surface area (Å²) in [5.41, 5.74) is 0.0786. The number of anilines is 1. The van der Waals surface area contributed by atoms with Crippen molar-refractivity contribution in [2.45, 2.75) is 24.8 Å². The predicted molar refractivity (Wildman–Crippen MR) is 99.5 cm³/mol. The number of aromatic hydroxyl groups is 1. The Bertz CT molecular complexity index is 1030. The number of phenolic OH excluding ortho intramolecular Hbond substituents is 1. The van der Waals surface area contributed by atoms with Crippen LogP contribution in [0, 0.1) is 0 Å². The summed E-state index contributed by atoms with van der Waals surface area (Å²) in [6.45, 7) is 1.03. The molecule has 2 aromatic heterocycles. The maximum absolute atomic E-state index is 13.8. The Hall–Kier alpha value is -2.88. The molecule has 0 saturated carbocycles. The fraction of sp³-hybridized carbons (Fsp3) is 0.368. The number of hydrogen-bond donors (Lipinski definition) is 2. The van der Waals surface area contributed by atoms with Gasteiger partial charge in [0.05, 0.1) is 5.56 Å². The topological polar surface area (TPSA) is 65.7 Å². The Kier molecular flexibility index (Phi) is 4.81. The zero-order chi connectivity index (χ0) is 20.8. The van der Waals surface area contributed by atoms with E-state index in [9.17, 15) is 22.7 Å². The lowest BCUT2D eigenvalue weighted by Gasteiger charge is -2.32. The van der Waals surface area contributed by atoms with Crippen molar-refractivity contribution in [1.29, 1.82) is 0 Å². The molecule has 4 rings (SSSR count). The van der Waals surface area contributed by atoms with Gasteiger partial charge in [0.1, 0.15) is 11.9 Å². The third-order valence-electron chi connectivity index (χ3n) is 4.97. The fourth-order valence-electron chi connectivity index (χ4n) is 3.69. The number of likely N-dealkylation sites (tertiary alicyclic amines) is 1. The summed E-state index contributed by atoms with van der Waals surface area (Å²) >= 11 is 0. The van der Waals surface area contributed by atoms with Gasteiger partial charge < -0.3 is 15.3 Å². The van der Waals surface area contributed by atoms with E-state index in [0.717, 1.165) is 6.07 Å². The zero-order valence-electron chi connectivity index (χ0n) is 15.5. The zero-order valence-corrected chi connectivity index (χ0v) is 15.5. The minimum atomic E-state index is -4.55. The van der Waals surface area contributed by atoms with Gasteiger partial charge in [-0.25, -0.2) is 4.39 Å². The number of piperidine rings is 1. The standard InChI is InChI=1S/C19H19F4N5O/c1-27-9-12(20)8-13(10-27)24-18-26-25-17-15(3-2-6-28(17)18)14-5-4-11(7-16(14)29)19(21,22)23/h2-7,12-13,29H,8-10H2,1H3,(H,24,26)/t12-,13-/m1/s1. The minimum Gasteiger partial charge on any atom is -0.507 e. The molecule has 0 unspecified atom stereocenters. The van der Waals surface area contributed by atoms with Crippen LogP contribution in [-0.4, -0.2) is 57.0 Å². The number of aromatic nitrogens is 3. The van der Waals surface area contributed by atoms with Crippen LogP contribution in [0.4, 0.5) is 23.5 Å². The molecule has 0 amide bonds. The summed E-state index contributed by atoms with van der Waals surface area (Å²) in [6, 6.07) is 5.97. The summed E-state index contributed by atoms with van der Waals surface area (Å²) < 4.78 is 54.1. The molecule has 1 aromatic carbocycles. The highest BCUT2D eigenvalue weighted by Crippen LogP contribution is 2.37. The number of alkyl halides is 4. The van der Waals surface area contributed by atoms with Gasteiger partial charge in [0, 0.05) is 42.9 Å². The number of halogens is 4. The second-order valence-electron chi connectivity index (χ2n) is 7.26. The van der Waals surface area contributed by atoms with Gasteiger partial charge in [-0.3, -0.25) is 4.40 Å². The van der Waals surface area contributed by atoms with Crippen LogP contribution in [-0.2, 0) is 6.18 Å². The average molecular weight is 409 g/mol. The van der Waals surface area contributed by atoms with Gasteiger partial charge in [-0.2, -0.15) is 13.2 Å². The lowest BCUT2D eigenvalue weighted by atomic mass is 10.0. The molecule has 3 heterocycles. The molecule has 1 fully saturated rings. The van der Waals surface area contributed by atoms with Crippen molar-refractivity contribution < 1.29 is 22.7 Å². The highest BCUT2D eigenvalue weighted by molar-refractivity contribution is 5.82. The van der Waals surface area contributed by atoms with Crippen molar-refractivity contribution >= 4 is 11.6 Å². The molecule has 3 aromatic rings. The first-order chi connectivity index (χ1) is 13.7. The Labute approximate surface area is 163 Å². The lowest BCUT2D eigenvalue weighted by molar-refractivity contribution is -0.137. The molecular weight excluding hydrogens is 390 g/mol. The van der Waals surface area contributed by atoms with Gasteiger partial charge in [-0.05, 0) is 37.4 Å². The molecule has 0 spiro atoms. The maximum atomic E-state index is 13.8. The summed E-state index contributed by atoms with van der Waals surface area (Å²) in [6.07, 6.45) is -3.44. The molecule has 0 aliphatic carbocycles. The Morgan fingerprint density at radius 1 is 1.14 bits per heavy atom. The molecule has 2 atom stereocenters. The van der Waals surface area contributed by atoms with Crippen molar-refractivity contribution in [3.63, 3.8) is 0 Å². The number of benzene rings is 1. The maximum Gasteiger partial charge on any atom is 0.416 e. The average Bonchev–Trinajstić information content (AvgIpc) is 3.03. The van der Waals surface area contributed by atoms with E-state index in [-0.39, 0.29) is 11.6 Å². The first kappa shape index (κ1) is 19.4. The van der Waals surface area contributed by atoms with Gasteiger partial charge in [-0.15, -0.1) is 10.2 Å². The van der Waals surface area contributed by atoms with Crippen molar-refractivity contribution in [2.75, 3.05) is 25.5 Å². The second kappa shape index (κ2) is 7.18. The number of likely N-dealkylation sites (N-methyl/N-ethyl adjacent to an activating group) is 1. The Morgan fingerprint density at radius 3 is 2.62 bits per heavy atom. The highest BCUT2D eigenvalue weighted by atomic mass is 19.4. The SMILES string of the molecule is CN1C[C@H](F)C[C@@H](Nc2nnc3c(-c4ccc(C(F)(F)F)cc4O)cccn23)C1. The molecule has 6 nitrogen and oxygen atoms in total. The first-order valence-electron chi connectivity index (χ1n) is 9.06. The van der Waals surface area contributed by atoms with E-state index in [2.05, 4.69) is 15.5 Å². The molecule has 1 aliphatic rings. The summed E-state index contributed by atoms with van der Waals surface area (Å²) in [7, 11) is 1.84. The monoisotopic (exact) mass is 409 g/mol. The summed E-state index contributed by atoms with van der Waals surface area (Å²) in [5.74, 6) is -0.0969. The van der Waals surface area contributed by atoms with E-state index < -0.39 is 23.7 Å². The number of rotatable bonds is 3. The molecular formula is C19H19F4N5O. The molecule has 0 bridgehead atoms. The largest absolute Gasteiger partial charge is 0.507 e. The minimum absolute atomic E-state index is 0.153. The molecule has 2 N–H and O–H groups in total. The summed E-state index contributed by atoms with van der Waals surface area (Å²) in [5, 5.41) is 21.6. The van der Waals surface area contributed by atoms with E-state index >= 15 is 0 Å². The Balaban J connectivity index is 1.68. The van der Waals surface area contributed by atoms with Crippen LogP contribution in [0.2, 0.25) is 0 Å². The predicted octanol–water partition coefficient (Wildman–Crippen LogP) is 3.57. The molecule has 10 heteroatoms. The molecule has 1 saturated heterocycles. The van der Waals surface area contributed by atoms with Crippen molar-refractivity contribution in [2.24, 2.45) is 0 Å². The smallest absolute Gasteiger partial charge is 0.416 e. The molecule has 0 radical (unpaired) electrons. The van der Waals surface area contributed by atoms with E-state index in [0.29, 0.717) is 42.7 Å². The first-order valence-corrected chi connectivity index (χ1v) is 9.06. The van der Waals surface area contributed by atoms with Crippen LogP contribution < -0.4 is 5.32 Å². The van der Waals surface area contributed by atoms with Gasteiger partial charge in [0.15, 0.2) is 5.65 Å². The van der Waals surface area contributed by atoms with Crippen LogP contribution in [0.5, 0.6) is 5.75 Å². The molecule has 29 heavy (non-hydrogen) atoms. The van der Waals surface area contributed by atoms with E-state index in [1.165, 1.54) is 6.07 Å². The van der Waals surface area contributed by atoms with E-state index in [1.807, 2.05) is 11.9 Å². The van der Waals surface area contributed by atoms with Crippen molar-refractivity contribution in [3.8, 4) is 16.9 Å². The van der Waals surface area contributed by atoms with Crippen LogP contribution in [0.3, 0.4) is 0 Å². The molecule has 1 aliphatic heterocycles. The van der Waals surface area contributed by atoms with Crippen LogP contribution >= 0.6 is 0 Å². The third kappa shape index (κ3) is 3.84. The number of fused-ring (bicyclic) bond motifs is 1. The number of nitrogens with one attached hydrogen (secondary N) is 1. The van der Waals surface area contributed by atoms with Crippen LogP contribution in [0.25, 0.3) is 16.8 Å². The lowest BCUT2D eigenvalue weighted by Crippen LogP contribution is -2.45. The number of nitrogens with zero attached hydrogens (tertiary/aromatic N) is 4. The van der Waals surface area contributed by atoms with Crippen molar-refractivity contribution in [3.05, 3.63) is 42.1 Å². The van der Waals surface area contributed by atoms with Gasteiger partial charge >= 0.3 is 6.18 Å². The fourth-order valence-corrected chi connectivity index (χ4v) is 3.69. The van der Waals surface area contributed by atoms with Gasteiger partial charge in [-0.1, -0.05) is 0 Å². The highest BCUT2D eigenvalue weighted by Gasteiger charge is 2.31.